The standard InChI is InChI=1S/C17H18N4O2S2/c1-11-14(25-16(19-11)13-7-5-9-24-13)17(22)21-8-4-2-3-6-12(21)15-18-10-23-20-15/h5,7,9-10,12H,2-4,6,8H2,1H3. The van der Waals surface area contributed by atoms with Gasteiger partial charge in [-0.25, -0.2) is 4.98 Å². The van der Waals surface area contributed by atoms with Gasteiger partial charge in [-0.05, 0) is 31.2 Å². The summed E-state index contributed by atoms with van der Waals surface area (Å²) in [6, 6.07) is 3.91. The van der Waals surface area contributed by atoms with Gasteiger partial charge in [0.15, 0.2) is 5.82 Å². The maximum atomic E-state index is 13.3. The second kappa shape index (κ2) is 7.05. The molecule has 0 spiro atoms. The summed E-state index contributed by atoms with van der Waals surface area (Å²) in [6.45, 7) is 2.62. The number of thiophene rings is 1. The van der Waals surface area contributed by atoms with Gasteiger partial charge in [-0.2, -0.15) is 4.98 Å². The average molecular weight is 374 g/mol. The fourth-order valence-electron chi connectivity index (χ4n) is 3.18. The Morgan fingerprint density at radius 2 is 2.28 bits per heavy atom. The van der Waals surface area contributed by atoms with Gasteiger partial charge in [-0.1, -0.05) is 24.1 Å². The van der Waals surface area contributed by atoms with Crippen molar-refractivity contribution in [2.75, 3.05) is 6.54 Å². The molecule has 0 bridgehead atoms. The molecule has 1 atom stereocenters. The predicted molar refractivity (Wildman–Crippen MR) is 96.7 cm³/mol. The van der Waals surface area contributed by atoms with Crippen LogP contribution in [0, 0.1) is 6.92 Å². The van der Waals surface area contributed by atoms with Crippen molar-refractivity contribution in [3.05, 3.63) is 40.3 Å². The number of hydrogen-bond acceptors (Lipinski definition) is 7. The molecular weight excluding hydrogens is 356 g/mol. The number of hydrogen-bond donors (Lipinski definition) is 0. The van der Waals surface area contributed by atoms with Gasteiger partial charge in [-0.15, -0.1) is 22.7 Å². The third-order valence-corrected chi connectivity index (χ3v) is 6.60. The molecule has 0 radical (unpaired) electrons. The smallest absolute Gasteiger partial charge is 0.266 e. The lowest BCUT2D eigenvalue weighted by molar-refractivity contribution is 0.0674. The van der Waals surface area contributed by atoms with Crippen LogP contribution in [0.3, 0.4) is 0 Å². The molecule has 1 amide bonds. The van der Waals surface area contributed by atoms with Crippen LogP contribution in [-0.4, -0.2) is 32.5 Å². The molecular formula is C17H18N4O2S2. The van der Waals surface area contributed by atoms with Crippen LogP contribution in [0.15, 0.2) is 28.4 Å². The van der Waals surface area contributed by atoms with Crippen molar-refractivity contribution in [3.8, 4) is 9.88 Å². The summed E-state index contributed by atoms with van der Waals surface area (Å²) in [5.41, 5.74) is 0.787. The van der Waals surface area contributed by atoms with E-state index >= 15 is 0 Å². The average Bonchev–Trinajstić information content (AvgIpc) is 3.34. The largest absolute Gasteiger partial charge is 0.343 e. The topological polar surface area (TPSA) is 72.1 Å². The molecule has 0 aliphatic carbocycles. The summed E-state index contributed by atoms with van der Waals surface area (Å²) in [5.74, 6) is 0.616. The van der Waals surface area contributed by atoms with Crippen molar-refractivity contribution in [3.63, 3.8) is 0 Å². The highest BCUT2D eigenvalue weighted by Gasteiger charge is 2.32. The monoisotopic (exact) mass is 374 g/mol. The number of carbonyl (C=O) groups excluding carboxylic acids is 1. The van der Waals surface area contributed by atoms with Crippen LogP contribution >= 0.6 is 22.7 Å². The van der Waals surface area contributed by atoms with Crippen molar-refractivity contribution in [1.82, 2.24) is 20.0 Å². The number of carbonyl (C=O) groups is 1. The van der Waals surface area contributed by atoms with E-state index in [1.54, 1.807) is 11.3 Å². The zero-order valence-electron chi connectivity index (χ0n) is 13.8. The first-order chi connectivity index (χ1) is 12.2. The number of aryl methyl sites for hydroxylation is 1. The minimum atomic E-state index is -0.125. The van der Waals surface area contributed by atoms with Gasteiger partial charge in [-0.3, -0.25) is 4.79 Å². The van der Waals surface area contributed by atoms with E-state index in [0.29, 0.717) is 17.2 Å². The van der Waals surface area contributed by atoms with Crippen molar-refractivity contribution < 1.29 is 9.32 Å². The Balaban J connectivity index is 1.66. The van der Waals surface area contributed by atoms with Crippen molar-refractivity contribution in [2.24, 2.45) is 0 Å². The molecule has 3 aromatic rings. The molecule has 3 aromatic heterocycles. The van der Waals surface area contributed by atoms with Crippen molar-refractivity contribution in [2.45, 2.75) is 38.6 Å². The molecule has 1 fully saturated rings. The first-order valence-corrected chi connectivity index (χ1v) is 10.0. The lowest BCUT2D eigenvalue weighted by Gasteiger charge is -2.27. The zero-order chi connectivity index (χ0) is 17.2. The fourth-order valence-corrected chi connectivity index (χ4v) is 5.00. The van der Waals surface area contributed by atoms with Gasteiger partial charge in [0.05, 0.1) is 16.6 Å². The third-order valence-electron chi connectivity index (χ3n) is 4.41. The van der Waals surface area contributed by atoms with Crippen LogP contribution in [0.5, 0.6) is 0 Å². The molecule has 0 saturated carbocycles. The second-order valence-corrected chi connectivity index (χ2v) is 8.01. The number of nitrogens with zero attached hydrogens (tertiary/aromatic N) is 4. The molecule has 130 valence electrons. The number of amides is 1. The van der Waals surface area contributed by atoms with E-state index in [0.717, 1.165) is 41.3 Å². The molecule has 1 aliphatic heterocycles. The molecule has 4 rings (SSSR count). The molecule has 1 saturated heterocycles. The van der Waals surface area contributed by atoms with E-state index in [9.17, 15) is 4.79 Å². The lowest BCUT2D eigenvalue weighted by atomic mass is 10.1. The highest BCUT2D eigenvalue weighted by molar-refractivity contribution is 7.22. The number of rotatable bonds is 3. The van der Waals surface area contributed by atoms with Gasteiger partial charge >= 0.3 is 0 Å². The number of thiazole rings is 1. The maximum absolute atomic E-state index is 13.3. The molecule has 6 nitrogen and oxygen atoms in total. The molecule has 1 aliphatic rings. The summed E-state index contributed by atoms with van der Waals surface area (Å²) < 4.78 is 4.91. The molecule has 0 N–H and O–H groups in total. The normalized spacial score (nSPS) is 18.3. The molecule has 4 heterocycles. The SMILES string of the molecule is Cc1nc(-c2cccs2)sc1C(=O)N1CCCCCC1c1ncon1. The Morgan fingerprint density at radius 3 is 3.04 bits per heavy atom. The zero-order valence-corrected chi connectivity index (χ0v) is 15.5. The molecule has 0 aromatic carbocycles. The highest BCUT2D eigenvalue weighted by Crippen LogP contribution is 2.35. The first kappa shape index (κ1) is 16.4. The Kier molecular flexibility index (Phi) is 4.63. The molecule has 8 heteroatoms. The quantitative estimate of drug-likeness (QED) is 0.683. The van der Waals surface area contributed by atoms with E-state index in [2.05, 4.69) is 15.1 Å². The molecule has 1 unspecified atom stereocenters. The minimum Gasteiger partial charge on any atom is -0.343 e. The van der Waals surface area contributed by atoms with Gasteiger partial charge < -0.3 is 9.42 Å². The van der Waals surface area contributed by atoms with Crippen molar-refractivity contribution in [1.29, 1.82) is 0 Å². The van der Waals surface area contributed by atoms with E-state index in [1.165, 1.54) is 17.7 Å². The van der Waals surface area contributed by atoms with Crippen LogP contribution in [0.2, 0.25) is 0 Å². The predicted octanol–water partition coefficient (Wildman–Crippen LogP) is 4.32. The minimum absolute atomic E-state index is 0.0227. The molecule has 25 heavy (non-hydrogen) atoms. The summed E-state index contributed by atoms with van der Waals surface area (Å²) in [7, 11) is 0. The van der Waals surface area contributed by atoms with Crippen LogP contribution in [0.4, 0.5) is 0 Å². The number of aromatic nitrogens is 3. The fraction of sp³-hybridized carbons (Fsp3) is 0.412. The van der Waals surface area contributed by atoms with Crippen LogP contribution in [-0.2, 0) is 0 Å². The maximum Gasteiger partial charge on any atom is 0.266 e. The van der Waals surface area contributed by atoms with Crippen LogP contribution in [0.25, 0.3) is 9.88 Å². The van der Waals surface area contributed by atoms with Crippen molar-refractivity contribution >= 4 is 28.6 Å². The Hall–Kier alpha value is -2.06. The van der Waals surface area contributed by atoms with Crippen LogP contribution in [0.1, 0.15) is 52.9 Å². The first-order valence-electron chi connectivity index (χ1n) is 8.32. The summed E-state index contributed by atoms with van der Waals surface area (Å²) in [5, 5.41) is 6.91. The van der Waals surface area contributed by atoms with E-state index in [-0.39, 0.29) is 11.9 Å². The van der Waals surface area contributed by atoms with Crippen LogP contribution < -0.4 is 0 Å². The third kappa shape index (κ3) is 3.23. The van der Waals surface area contributed by atoms with Gasteiger partial charge in [0.1, 0.15) is 9.88 Å². The Labute approximate surface area is 153 Å². The Bertz CT molecular complexity index is 842. The Morgan fingerprint density at radius 1 is 1.36 bits per heavy atom. The van der Waals surface area contributed by atoms with E-state index < -0.39 is 0 Å². The summed E-state index contributed by atoms with van der Waals surface area (Å²) in [4.78, 5) is 25.8. The van der Waals surface area contributed by atoms with E-state index in [1.807, 2.05) is 29.3 Å². The van der Waals surface area contributed by atoms with Gasteiger partial charge in [0, 0.05) is 6.54 Å². The second-order valence-electron chi connectivity index (χ2n) is 6.06. The summed E-state index contributed by atoms with van der Waals surface area (Å²) in [6.07, 6.45) is 5.36. The summed E-state index contributed by atoms with van der Waals surface area (Å²) >= 11 is 3.11. The lowest BCUT2D eigenvalue weighted by Crippen LogP contribution is -2.35. The van der Waals surface area contributed by atoms with Gasteiger partial charge in [0.2, 0.25) is 6.39 Å². The number of likely N-dealkylation sites (tertiary alicyclic amines) is 1. The highest BCUT2D eigenvalue weighted by atomic mass is 32.1. The van der Waals surface area contributed by atoms with Gasteiger partial charge in [0.25, 0.3) is 5.91 Å². The van der Waals surface area contributed by atoms with E-state index in [4.69, 9.17) is 4.52 Å².